The van der Waals surface area contributed by atoms with Crippen molar-refractivity contribution in [2.24, 2.45) is 5.73 Å². The number of rotatable bonds is 6. The molecule has 0 spiro atoms. The van der Waals surface area contributed by atoms with Gasteiger partial charge in [0, 0.05) is 11.8 Å². The van der Waals surface area contributed by atoms with Gasteiger partial charge < -0.3 is 11.1 Å². The molecule has 0 aliphatic rings. The van der Waals surface area contributed by atoms with E-state index in [1.54, 1.807) is 0 Å². The van der Waals surface area contributed by atoms with E-state index in [0.29, 0.717) is 5.69 Å². The highest BCUT2D eigenvalue weighted by Crippen LogP contribution is 2.27. The third-order valence-corrected chi connectivity index (χ3v) is 4.05. The Bertz CT molecular complexity index is 978. The zero-order valence-electron chi connectivity index (χ0n) is 15.2. The van der Waals surface area contributed by atoms with Crippen LogP contribution in [-0.2, 0) is 11.3 Å². The summed E-state index contributed by atoms with van der Waals surface area (Å²) in [6, 6.07) is 6.41. The van der Waals surface area contributed by atoms with Crippen molar-refractivity contribution in [3.05, 3.63) is 67.6 Å². The zero-order valence-corrected chi connectivity index (χ0v) is 15.2. The molecule has 0 fully saturated rings. The lowest BCUT2D eigenvalue weighted by Crippen LogP contribution is -2.33. The van der Waals surface area contributed by atoms with E-state index < -0.39 is 40.1 Å². The van der Waals surface area contributed by atoms with Gasteiger partial charge in [0.2, 0.25) is 5.91 Å². The van der Waals surface area contributed by atoms with Crippen LogP contribution in [0.2, 0.25) is 0 Å². The average molecular weight is 372 g/mol. The summed E-state index contributed by atoms with van der Waals surface area (Å²) in [5.41, 5.74) is 5.59. The lowest BCUT2D eigenvalue weighted by Gasteiger charge is -2.17. The molecular formula is C18H20N4O5. The van der Waals surface area contributed by atoms with Gasteiger partial charge in [-0.1, -0.05) is 32.0 Å². The summed E-state index contributed by atoms with van der Waals surface area (Å²) in [7, 11) is 0. The molecule has 0 aliphatic carbocycles. The fraction of sp³-hybridized carbons (Fsp3) is 0.278. The molecule has 0 bridgehead atoms. The first-order valence-corrected chi connectivity index (χ1v) is 8.19. The number of primary amides is 1. The Balaban J connectivity index is 2.38. The number of nitrogens with zero attached hydrogens (tertiary/aromatic N) is 2. The molecule has 1 heterocycles. The van der Waals surface area contributed by atoms with Crippen molar-refractivity contribution < 1.29 is 14.5 Å². The van der Waals surface area contributed by atoms with Gasteiger partial charge in [-0.15, -0.1) is 0 Å². The number of amides is 2. The minimum absolute atomic E-state index is 0.155. The largest absolute Gasteiger partial charge is 0.365 e. The maximum absolute atomic E-state index is 12.5. The van der Waals surface area contributed by atoms with Crippen LogP contribution in [0, 0.1) is 17.0 Å². The lowest BCUT2D eigenvalue weighted by molar-refractivity contribution is -0.385. The first-order valence-electron chi connectivity index (χ1n) is 8.19. The first-order chi connectivity index (χ1) is 12.6. The summed E-state index contributed by atoms with van der Waals surface area (Å²) in [5, 5.41) is 13.8. The van der Waals surface area contributed by atoms with Crippen molar-refractivity contribution in [1.82, 2.24) is 4.57 Å². The average Bonchev–Trinajstić information content (AvgIpc) is 2.57. The number of hydrogen-bond donors (Lipinski definition) is 2. The number of nitrogens with one attached hydrogen (secondary N) is 1. The van der Waals surface area contributed by atoms with E-state index in [1.807, 2.05) is 39.0 Å². The molecule has 2 aromatic rings. The Kier molecular flexibility index (Phi) is 5.74. The highest BCUT2D eigenvalue weighted by molar-refractivity contribution is 5.94. The van der Waals surface area contributed by atoms with Gasteiger partial charge in [-0.3, -0.25) is 29.1 Å². The van der Waals surface area contributed by atoms with E-state index in [1.165, 1.54) is 0 Å². The van der Waals surface area contributed by atoms with Crippen LogP contribution in [0.3, 0.4) is 0 Å². The summed E-state index contributed by atoms with van der Waals surface area (Å²) in [5.74, 6) is -1.50. The monoisotopic (exact) mass is 372 g/mol. The fourth-order valence-corrected chi connectivity index (χ4v) is 2.69. The van der Waals surface area contributed by atoms with Crippen molar-refractivity contribution >= 4 is 23.2 Å². The number of nitrogens with two attached hydrogens (primary N) is 1. The van der Waals surface area contributed by atoms with Crippen molar-refractivity contribution in [3.63, 3.8) is 0 Å². The van der Waals surface area contributed by atoms with E-state index in [-0.39, 0.29) is 5.92 Å². The minimum atomic E-state index is -1.10. The second-order valence-electron chi connectivity index (χ2n) is 6.41. The van der Waals surface area contributed by atoms with E-state index >= 15 is 0 Å². The Morgan fingerprint density at radius 3 is 2.56 bits per heavy atom. The SMILES string of the molecule is Cc1cccc(C(C)C)c1NC(=O)Cn1cc([N+](=O)[O-])cc(C(N)=O)c1=O. The van der Waals surface area contributed by atoms with Crippen LogP contribution >= 0.6 is 0 Å². The van der Waals surface area contributed by atoms with Crippen LogP contribution in [0.15, 0.2) is 35.3 Å². The predicted octanol–water partition coefficient (Wildman–Crippen LogP) is 1.93. The van der Waals surface area contributed by atoms with Gasteiger partial charge in [0.05, 0.1) is 11.1 Å². The number of nitro groups is 1. The summed E-state index contributed by atoms with van der Waals surface area (Å²) >= 11 is 0. The molecular weight excluding hydrogens is 352 g/mol. The highest BCUT2D eigenvalue weighted by atomic mass is 16.6. The topological polar surface area (TPSA) is 137 Å². The molecule has 3 N–H and O–H groups in total. The quantitative estimate of drug-likeness (QED) is 0.589. The normalized spacial score (nSPS) is 10.7. The second-order valence-corrected chi connectivity index (χ2v) is 6.41. The molecule has 0 aliphatic heterocycles. The summed E-state index contributed by atoms with van der Waals surface area (Å²) in [6.07, 6.45) is 0.912. The van der Waals surface area contributed by atoms with Gasteiger partial charge in [0.25, 0.3) is 17.2 Å². The molecule has 0 saturated carbocycles. The number of carbonyl (C=O) groups is 2. The number of benzene rings is 1. The molecule has 2 amide bonds. The Labute approximate surface area is 155 Å². The highest BCUT2D eigenvalue weighted by Gasteiger charge is 2.19. The molecule has 9 nitrogen and oxygen atoms in total. The van der Waals surface area contributed by atoms with E-state index in [0.717, 1.165) is 28.0 Å². The number of hydrogen-bond acceptors (Lipinski definition) is 5. The third kappa shape index (κ3) is 4.38. The number of aryl methyl sites for hydroxylation is 1. The van der Waals surface area contributed by atoms with Gasteiger partial charge in [0.15, 0.2) is 0 Å². The number of pyridine rings is 1. The molecule has 27 heavy (non-hydrogen) atoms. The summed E-state index contributed by atoms with van der Waals surface area (Å²) < 4.78 is 0.806. The van der Waals surface area contributed by atoms with Crippen LogP contribution in [0.4, 0.5) is 11.4 Å². The van der Waals surface area contributed by atoms with Gasteiger partial charge in [-0.2, -0.15) is 0 Å². The van der Waals surface area contributed by atoms with Crippen LogP contribution in [0.1, 0.15) is 41.3 Å². The zero-order chi connectivity index (χ0) is 20.3. The van der Waals surface area contributed by atoms with Crippen molar-refractivity contribution in [1.29, 1.82) is 0 Å². The molecule has 0 unspecified atom stereocenters. The van der Waals surface area contributed by atoms with Gasteiger partial charge >= 0.3 is 0 Å². The Morgan fingerprint density at radius 1 is 1.33 bits per heavy atom. The number of carbonyl (C=O) groups excluding carboxylic acids is 2. The summed E-state index contributed by atoms with van der Waals surface area (Å²) in [6.45, 7) is 5.31. The maximum atomic E-state index is 12.5. The molecule has 0 radical (unpaired) electrons. The Morgan fingerprint density at radius 2 is 2.00 bits per heavy atom. The van der Waals surface area contributed by atoms with Crippen molar-refractivity contribution in [2.75, 3.05) is 5.32 Å². The predicted molar refractivity (Wildman–Crippen MR) is 99.8 cm³/mol. The van der Waals surface area contributed by atoms with Gasteiger partial charge in [0.1, 0.15) is 12.1 Å². The molecule has 1 aromatic heterocycles. The van der Waals surface area contributed by atoms with E-state index in [4.69, 9.17) is 5.73 Å². The summed E-state index contributed by atoms with van der Waals surface area (Å²) in [4.78, 5) is 46.4. The van der Waals surface area contributed by atoms with Crippen LogP contribution < -0.4 is 16.6 Å². The number of aromatic nitrogens is 1. The lowest BCUT2D eigenvalue weighted by atomic mass is 9.98. The maximum Gasteiger partial charge on any atom is 0.286 e. The smallest absolute Gasteiger partial charge is 0.286 e. The van der Waals surface area contributed by atoms with Crippen LogP contribution in [-0.4, -0.2) is 21.3 Å². The third-order valence-electron chi connectivity index (χ3n) is 4.05. The molecule has 1 aromatic carbocycles. The number of para-hydroxylation sites is 1. The van der Waals surface area contributed by atoms with Crippen molar-refractivity contribution in [3.8, 4) is 0 Å². The standard InChI is InChI=1S/C18H20N4O5/c1-10(2)13-6-4-5-11(3)16(13)20-15(23)9-21-8-12(22(26)27)7-14(17(19)24)18(21)25/h4-8,10H,9H2,1-3H3,(H2,19,24)(H,20,23). The van der Waals surface area contributed by atoms with Crippen LogP contribution in [0.25, 0.3) is 0 Å². The molecule has 0 atom stereocenters. The minimum Gasteiger partial charge on any atom is -0.365 e. The fourth-order valence-electron chi connectivity index (χ4n) is 2.69. The van der Waals surface area contributed by atoms with Gasteiger partial charge in [-0.25, -0.2) is 0 Å². The first kappa shape index (κ1) is 19.8. The van der Waals surface area contributed by atoms with Gasteiger partial charge in [-0.05, 0) is 24.0 Å². The van der Waals surface area contributed by atoms with Crippen molar-refractivity contribution in [2.45, 2.75) is 33.2 Å². The van der Waals surface area contributed by atoms with E-state index in [9.17, 15) is 24.5 Å². The molecule has 9 heteroatoms. The van der Waals surface area contributed by atoms with Crippen LogP contribution in [0.5, 0.6) is 0 Å². The molecule has 142 valence electrons. The number of anilines is 1. The Hall–Kier alpha value is -3.49. The van der Waals surface area contributed by atoms with E-state index in [2.05, 4.69) is 5.32 Å². The second kappa shape index (κ2) is 7.81. The molecule has 2 rings (SSSR count). The molecule has 0 saturated heterocycles.